The van der Waals surface area contributed by atoms with Crippen LogP contribution in [0.25, 0.3) is 0 Å². The second-order valence-corrected chi connectivity index (χ2v) is 22.2. The zero-order chi connectivity index (χ0) is 55.0. The minimum Gasteiger partial charge on any atom is -0.394 e. The molecule has 6 N–H and O–H groups in total. The van der Waals surface area contributed by atoms with Crippen LogP contribution >= 0.6 is 0 Å². The summed E-state index contributed by atoms with van der Waals surface area (Å²) in [4.78, 5) is 13.0. The van der Waals surface area contributed by atoms with Crippen LogP contribution in [0.1, 0.15) is 290 Å². The molecule has 0 saturated carbocycles. The lowest BCUT2D eigenvalue weighted by Crippen LogP contribution is -2.60. The number of hydrogen-bond acceptors (Lipinski definition) is 8. The van der Waals surface area contributed by atoms with E-state index in [9.17, 15) is 30.3 Å². The Labute approximate surface area is 468 Å². The molecule has 1 heterocycles. The van der Waals surface area contributed by atoms with Gasteiger partial charge in [-0.15, -0.1) is 0 Å². The van der Waals surface area contributed by atoms with Crippen LogP contribution in [-0.2, 0) is 14.3 Å². The van der Waals surface area contributed by atoms with Crippen molar-refractivity contribution < 1.29 is 39.8 Å². The summed E-state index contributed by atoms with van der Waals surface area (Å²) in [6, 6.07) is -0.820. The van der Waals surface area contributed by atoms with Gasteiger partial charge in [0.05, 0.1) is 25.4 Å². The first-order valence-electron chi connectivity index (χ1n) is 32.2. The van der Waals surface area contributed by atoms with Gasteiger partial charge in [0.1, 0.15) is 24.4 Å². The topological polar surface area (TPSA) is 149 Å². The van der Waals surface area contributed by atoms with Gasteiger partial charge in [-0.3, -0.25) is 4.79 Å². The molecule has 7 unspecified atom stereocenters. The quantitative estimate of drug-likeness (QED) is 0.0261. The maximum Gasteiger partial charge on any atom is 0.220 e. The van der Waals surface area contributed by atoms with E-state index in [-0.39, 0.29) is 12.5 Å². The van der Waals surface area contributed by atoms with Crippen molar-refractivity contribution in [3.05, 3.63) is 72.9 Å². The fourth-order valence-electron chi connectivity index (χ4n) is 9.99. The normalized spacial score (nSPS) is 19.3. The van der Waals surface area contributed by atoms with Crippen LogP contribution in [0.3, 0.4) is 0 Å². The van der Waals surface area contributed by atoms with Crippen molar-refractivity contribution in [2.75, 3.05) is 13.2 Å². The maximum absolute atomic E-state index is 13.0. The molecule has 0 bridgehead atoms. The Morgan fingerprint density at radius 1 is 0.461 bits per heavy atom. The van der Waals surface area contributed by atoms with Crippen LogP contribution < -0.4 is 5.32 Å². The third-order valence-corrected chi connectivity index (χ3v) is 15.0. The van der Waals surface area contributed by atoms with Crippen molar-refractivity contribution in [3.8, 4) is 0 Å². The molecule has 1 rings (SSSR count). The molecule has 9 heteroatoms. The Kier molecular flexibility index (Phi) is 52.7. The van der Waals surface area contributed by atoms with Crippen molar-refractivity contribution in [2.24, 2.45) is 0 Å². The molecule has 0 spiro atoms. The molecule has 9 nitrogen and oxygen atoms in total. The number of hydrogen-bond donors (Lipinski definition) is 6. The highest BCUT2D eigenvalue weighted by molar-refractivity contribution is 5.76. The number of ether oxygens (including phenoxy) is 2. The number of unbranched alkanes of at least 4 members (excludes halogenated alkanes) is 35. The van der Waals surface area contributed by atoms with Crippen molar-refractivity contribution in [3.63, 3.8) is 0 Å². The fraction of sp³-hybridized carbons (Fsp3) is 0.806. The lowest BCUT2D eigenvalue weighted by atomic mass is 9.99. The molecule has 1 aliphatic heterocycles. The molecule has 0 aromatic rings. The Hall–Kier alpha value is -2.37. The Balaban J connectivity index is 2.01. The number of aliphatic hydroxyl groups is 5. The first-order valence-corrected chi connectivity index (χ1v) is 32.2. The minimum absolute atomic E-state index is 0.184. The van der Waals surface area contributed by atoms with Crippen LogP contribution in [0.5, 0.6) is 0 Å². The highest BCUT2D eigenvalue weighted by Gasteiger charge is 2.44. The average molecular weight is 1070 g/mol. The molecule has 7 atom stereocenters. The van der Waals surface area contributed by atoms with Crippen LogP contribution in [0.2, 0.25) is 0 Å². The highest BCUT2D eigenvalue weighted by atomic mass is 16.7. The van der Waals surface area contributed by atoms with E-state index in [1.54, 1.807) is 6.08 Å². The van der Waals surface area contributed by atoms with Crippen molar-refractivity contribution >= 4 is 5.91 Å². The molecule has 0 radical (unpaired) electrons. The van der Waals surface area contributed by atoms with Gasteiger partial charge in [0.25, 0.3) is 0 Å². The van der Waals surface area contributed by atoms with Crippen molar-refractivity contribution in [1.82, 2.24) is 5.32 Å². The molecular formula is C67H121NO8. The predicted octanol–water partition coefficient (Wildman–Crippen LogP) is 16.8. The van der Waals surface area contributed by atoms with Gasteiger partial charge >= 0.3 is 0 Å². The molecule has 1 amide bonds. The van der Waals surface area contributed by atoms with Gasteiger partial charge in [0.2, 0.25) is 5.91 Å². The zero-order valence-corrected chi connectivity index (χ0v) is 49.3. The van der Waals surface area contributed by atoms with Crippen molar-refractivity contribution in [1.29, 1.82) is 0 Å². The van der Waals surface area contributed by atoms with Gasteiger partial charge in [0, 0.05) is 6.42 Å². The molecule has 0 aliphatic carbocycles. The third kappa shape index (κ3) is 44.5. The van der Waals surface area contributed by atoms with Gasteiger partial charge in [-0.05, 0) is 70.6 Å². The van der Waals surface area contributed by atoms with Crippen LogP contribution in [-0.4, -0.2) is 87.5 Å². The summed E-state index contributed by atoms with van der Waals surface area (Å²) >= 11 is 0. The number of nitrogens with one attached hydrogen (secondary N) is 1. The lowest BCUT2D eigenvalue weighted by molar-refractivity contribution is -0.302. The van der Waals surface area contributed by atoms with Crippen LogP contribution in [0.4, 0.5) is 0 Å². The lowest BCUT2D eigenvalue weighted by Gasteiger charge is -2.40. The summed E-state index contributed by atoms with van der Waals surface area (Å²) in [7, 11) is 0. The minimum atomic E-state index is -1.57. The second-order valence-electron chi connectivity index (χ2n) is 22.2. The van der Waals surface area contributed by atoms with Gasteiger partial charge < -0.3 is 40.3 Å². The predicted molar refractivity (Wildman–Crippen MR) is 322 cm³/mol. The van der Waals surface area contributed by atoms with E-state index in [1.807, 2.05) is 6.08 Å². The van der Waals surface area contributed by atoms with E-state index in [0.717, 1.165) is 64.2 Å². The third-order valence-electron chi connectivity index (χ3n) is 15.0. The SMILES string of the molecule is CC/C=C\C/C=C\C/C=C\C/C=C\CCCCCCCCCCCCCCCCCCCCCCCCCCCCCCC(=O)NC(COC1OC(CO)C(O)C(O)C1O)C(O)/C=C/CC/C=C/CCCCCCCC. The Morgan fingerprint density at radius 2 is 0.829 bits per heavy atom. The number of carbonyl (C=O) groups excluding carboxylic acids is 1. The summed E-state index contributed by atoms with van der Waals surface area (Å²) in [6.07, 6.45) is 71.7. The van der Waals surface area contributed by atoms with E-state index >= 15 is 0 Å². The van der Waals surface area contributed by atoms with E-state index in [2.05, 4.69) is 79.9 Å². The van der Waals surface area contributed by atoms with E-state index < -0.39 is 49.5 Å². The number of rotatable bonds is 55. The number of allylic oxidation sites excluding steroid dienone is 11. The summed E-state index contributed by atoms with van der Waals surface area (Å²) in [5, 5.41) is 54.4. The first kappa shape index (κ1) is 71.6. The smallest absolute Gasteiger partial charge is 0.220 e. The second kappa shape index (κ2) is 55.9. The monoisotopic (exact) mass is 1070 g/mol. The largest absolute Gasteiger partial charge is 0.394 e. The van der Waals surface area contributed by atoms with E-state index in [0.29, 0.717) is 6.42 Å². The molecule has 76 heavy (non-hydrogen) atoms. The standard InChI is InChI=1S/C67H121NO8/c1-3-5-7-9-11-13-15-17-18-19-20-21-22-23-24-25-26-27-28-29-30-31-32-33-34-35-36-37-38-39-40-41-42-43-44-45-47-49-51-53-55-57-63(71)68-60(59-75-67-66(74)65(73)64(72)62(58-69)76-67)61(70)56-54-52-50-48-46-16-14-12-10-8-6-4-2/h5,7,11,13,17-18,20-21,46,48,54,56,60-62,64-67,69-70,72-74H,3-4,6,8-10,12,14-16,19,22-45,47,49-53,55,57-59H2,1-2H3,(H,68,71)/b7-5-,13-11-,18-17-,21-20-,48-46+,56-54+. The van der Waals surface area contributed by atoms with Gasteiger partial charge in [-0.1, -0.05) is 286 Å². The highest BCUT2D eigenvalue weighted by Crippen LogP contribution is 2.23. The maximum atomic E-state index is 13.0. The average Bonchev–Trinajstić information content (AvgIpc) is 3.42. The summed E-state index contributed by atoms with van der Waals surface area (Å²) in [6.45, 7) is 3.64. The fourth-order valence-corrected chi connectivity index (χ4v) is 9.99. The van der Waals surface area contributed by atoms with Crippen LogP contribution in [0.15, 0.2) is 72.9 Å². The number of carbonyl (C=O) groups is 1. The Bertz CT molecular complexity index is 1420. The van der Waals surface area contributed by atoms with Gasteiger partial charge in [-0.2, -0.15) is 0 Å². The summed E-state index contributed by atoms with van der Waals surface area (Å²) < 4.78 is 11.2. The van der Waals surface area contributed by atoms with Gasteiger partial charge in [-0.25, -0.2) is 0 Å². The van der Waals surface area contributed by atoms with E-state index in [1.165, 1.54) is 205 Å². The summed E-state index contributed by atoms with van der Waals surface area (Å²) in [5.74, 6) is -0.184. The molecular weight excluding hydrogens is 947 g/mol. The molecule has 1 fully saturated rings. The first-order chi connectivity index (χ1) is 37.3. The van der Waals surface area contributed by atoms with Gasteiger partial charge in [0.15, 0.2) is 6.29 Å². The summed E-state index contributed by atoms with van der Waals surface area (Å²) in [5.41, 5.74) is 0. The molecule has 1 aliphatic rings. The Morgan fingerprint density at radius 3 is 1.26 bits per heavy atom. The molecule has 1 saturated heterocycles. The molecule has 442 valence electrons. The number of aliphatic hydroxyl groups excluding tert-OH is 5. The van der Waals surface area contributed by atoms with Crippen molar-refractivity contribution in [2.45, 2.75) is 333 Å². The zero-order valence-electron chi connectivity index (χ0n) is 49.3. The van der Waals surface area contributed by atoms with Crippen LogP contribution in [0, 0.1) is 0 Å². The number of amides is 1. The molecule has 0 aromatic carbocycles. The van der Waals surface area contributed by atoms with E-state index in [4.69, 9.17) is 9.47 Å². The molecule has 0 aromatic heterocycles.